The molecule has 1 N–H and O–H groups in total. The molecule has 0 saturated carbocycles. The quantitative estimate of drug-likeness (QED) is 0.747. The van der Waals surface area contributed by atoms with Crippen molar-refractivity contribution in [2.75, 3.05) is 28.4 Å². The smallest absolute Gasteiger partial charge is 0.264 e. The van der Waals surface area contributed by atoms with Crippen molar-refractivity contribution in [1.29, 1.82) is 0 Å². The lowest BCUT2D eigenvalue weighted by Gasteiger charge is -2.12. The van der Waals surface area contributed by atoms with Gasteiger partial charge >= 0.3 is 0 Å². The van der Waals surface area contributed by atoms with Crippen LogP contribution in [0.2, 0.25) is 0 Å². The third-order valence-corrected chi connectivity index (χ3v) is 4.89. The summed E-state index contributed by atoms with van der Waals surface area (Å²) in [6.45, 7) is 0. The van der Waals surface area contributed by atoms with Crippen LogP contribution in [0.4, 0.5) is 5.69 Å². The molecule has 1 aliphatic heterocycles. The summed E-state index contributed by atoms with van der Waals surface area (Å²) in [5, 5.41) is 3.24. The summed E-state index contributed by atoms with van der Waals surface area (Å²) in [4.78, 5) is 17.4. The largest absolute Gasteiger partial charge is 0.496 e. The van der Waals surface area contributed by atoms with Gasteiger partial charge in [-0.3, -0.25) is 4.79 Å². The molecule has 1 saturated heterocycles. The SMILES string of the molecule is COc1cc(OC)c(OC)cc1/C=C1/SC(=Nc2ccccc2OC)NC1=O. The number of benzene rings is 2. The number of carbonyl (C=O) groups is 1. The first kappa shape index (κ1) is 19.6. The van der Waals surface area contributed by atoms with E-state index in [9.17, 15) is 4.79 Å². The van der Waals surface area contributed by atoms with Gasteiger partial charge in [-0.15, -0.1) is 0 Å². The number of hydrogen-bond donors (Lipinski definition) is 1. The van der Waals surface area contributed by atoms with Crippen molar-refractivity contribution in [3.05, 3.63) is 46.9 Å². The van der Waals surface area contributed by atoms with E-state index in [1.165, 1.54) is 11.8 Å². The number of para-hydroxylation sites is 2. The lowest BCUT2D eigenvalue weighted by Crippen LogP contribution is -2.19. The number of carbonyl (C=O) groups excluding carboxylic acids is 1. The Labute approximate surface area is 167 Å². The van der Waals surface area contributed by atoms with Crippen LogP contribution >= 0.6 is 11.8 Å². The number of amidine groups is 1. The molecule has 2 aromatic carbocycles. The van der Waals surface area contributed by atoms with Gasteiger partial charge in [0.1, 0.15) is 17.2 Å². The molecule has 8 heteroatoms. The molecule has 0 spiro atoms. The number of nitrogens with one attached hydrogen (secondary N) is 1. The van der Waals surface area contributed by atoms with Crippen LogP contribution < -0.4 is 24.3 Å². The summed E-state index contributed by atoms with van der Waals surface area (Å²) in [6.07, 6.45) is 1.73. The van der Waals surface area contributed by atoms with Gasteiger partial charge in [-0.25, -0.2) is 4.99 Å². The van der Waals surface area contributed by atoms with Crippen molar-refractivity contribution in [1.82, 2.24) is 5.32 Å². The van der Waals surface area contributed by atoms with Gasteiger partial charge in [0.15, 0.2) is 16.7 Å². The van der Waals surface area contributed by atoms with Crippen LogP contribution in [0.1, 0.15) is 5.56 Å². The van der Waals surface area contributed by atoms with Crippen LogP contribution in [0.25, 0.3) is 6.08 Å². The van der Waals surface area contributed by atoms with Gasteiger partial charge in [-0.05, 0) is 36.0 Å². The molecule has 1 heterocycles. The molecule has 1 amide bonds. The van der Waals surface area contributed by atoms with E-state index in [1.54, 1.807) is 46.6 Å². The maximum Gasteiger partial charge on any atom is 0.264 e. The van der Waals surface area contributed by atoms with Crippen LogP contribution in [-0.4, -0.2) is 39.5 Å². The molecule has 0 aliphatic carbocycles. The van der Waals surface area contributed by atoms with E-state index in [-0.39, 0.29) is 5.91 Å². The molecular formula is C20H20N2O5S. The topological polar surface area (TPSA) is 78.4 Å². The Bertz CT molecular complexity index is 956. The molecule has 0 aromatic heterocycles. The number of nitrogens with zero attached hydrogens (tertiary/aromatic N) is 1. The molecule has 0 unspecified atom stereocenters. The second-order valence-electron chi connectivity index (χ2n) is 5.60. The maximum atomic E-state index is 12.4. The van der Waals surface area contributed by atoms with Crippen LogP contribution in [0, 0.1) is 0 Å². The average Bonchev–Trinajstić information content (AvgIpc) is 3.06. The maximum absolute atomic E-state index is 12.4. The summed E-state index contributed by atoms with van der Waals surface area (Å²) in [7, 11) is 6.24. The summed E-state index contributed by atoms with van der Waals surface area (Å²) in [6, 6.07) is 10.8. The number of rotatable bonds is 6. The molecule has 0 bridgehead atoms. The lowest BCUT2D eigenvalue weighted by atomic mass is 10.1. The van der Waals surface area contributed by atoms with E-state index in [2.05, 4.69) is 10.3 Å². The van der Waals surface area contributed by atoms with Crippen LogP contribution in [0.5, 0.6) is 23.0 Å². The van der Waals surface area contributed by atoms with Crippen molar-refractivity contribution in [2.45, 2.75) is 0 Å². The molecule has 0 atom stereocenters. The predicted octanol–water partition coefficient (Wildman–Crippen LogP) is 3.61. The Morgan fingerprint density at radius 3 is 2.21 bits per heavy atom. The third kappa shape index (κ3) is 4.07. The van der Waals surface area contributed by atoms with Gasteiger partial charge in [-0.1, -0.05) is 12.1 Å². The Kier molecular flexibility index (Phi) is 6.10. The van der Waals surface area contributed by atoms with E-state index in [0.717, 1.165) is 0 Å². The average molecular weight is 400 g/mol. The summed E-state index contributed by atoms with van der Waals surface area (Å²) < 4.78 is 21.3. The highest BCUT2D eigenvalue weighted by Crippen LogP contribution is 2.38. The van der Waals surface area contributed by atoms with E-state index in [0.29, 0.717) is 44.3 Å². The minimum atomic E-state index is -0.240. The minimum absolute atomic E-state index is 0.240. The number of aliphatic imine (C=N–C) groups is 1. The highest BCUT2D eigenvalue weighted by atomic mass is 32.2. The van der Waals surface area contributed by atoms with Gasteiger partial charge in [0.05, 0.1) is 33.3 Å². The number of methoxy groups -OCH3 is 4. The Morgan fingerprint density at radius 2 is 1.54 bits per heavy atom. The zero-order chi connectivity index (χ0) is 20.1. The van der Waals surface area contributed by atoms with Gasteiger partial charge < -0.3 is 24.3 Å². The summed E-state index contributed by atoms with van der Waals surface area (Å²) in [5.74, 6) is 2.04. The molecule has 2 aromatic rings. The van der Waals surface area contributed by atoms with Crippen molar-refractivity contribution in [2.24, 2.45) is 4.99 Å². The van der Waals surface area contributed by atoms with E-state index >= 15 is 0 Å². The molecule has 1 fully saturated rings. The van der Waals surface area contributed by atoms with Crippen molar-refractivity contribution in [3.8, 4) is 23.0 Å². The zero-order valence-electron chi connectivity index (χ0n) is 15.9. The second kappa shape index (κ2) is 8.71. The second-order valence-corrected chi connectivity index (χ2v) is 6.63. The van der Waals surface area contributed by atoms with E-state index in [4.69, 9.17) is 18.9 Å². The number of amides is 1. The van der Waals surface area contributed by atoms with Crippen LogP contribution in [0.3, 0.4) is 0 Å². The highest BCUT2D eigenvalue weighted by molar-refractivity contribution is 8.18. The normalized spacial score (nSPS) is 16.2. The first-order valence-corrected chi connectivity index (χ1v) is 9.13. The Balaban J connectivity index is 1.94. The van der Waals surface area contributed by atoms with Crippen molar-refractivity contribution >= 4 is 34.6 Å². The minimum Gasteiger partial charge on any atom is -0.496 e. The van der Waals surface area contributed by atoms with E-state index in [1.807, 2.05) is 24.3 Å². The fourth-order valence-electron chi connectivity index (χ4n) is 2.62. The van der Waals surface area contributed by atoms with E-state index < -0.39 is 0 Å². The predicted molar refractivity (Wildman–Crippen MR) is 110 cm³/mol. The van der Waals surface area contributed by atoms with Gasteiger partial charge in [0, 0.05) is 11.6 Å². The molecule has 0 radical (unpaired) electrons. The van der Waals surface area contributed by atoms with Gasteiger partial charge in [0.25, 0.3) is 5.91 Å². The van der Waals surface area contributed by atoms with Crippen LogP contribution in [-0.2, 0) is 4.79 Å². The lowest BCUT2D eigenvalue weighted by molar-refractivity contribution is -0.115. The molecule has 28 heavy (non-hydrogen) atoms. The standard InChI is InChI=1S/C20H20N2O5S/c1-24-14-8-6-5-7-13(14)21-20-22-19(23)18(28-20)10-12-9-16(26-3)17(27-4)11-15(12)25-2/h5-11H,1-4H3,(H,21,22,23)/b18-10+. The van der Waals surface area contributed by atoms with Crippen LogP contribution in [0.15, 0.2) is 46.3 Å². The first-order chi connectivity index (χ1) is 13.6. The van der Waals surface area contributed by atoms with Gasteiger partial charge in [-0.2, -0.15) is 0 Å². The molecule has 3 rings (SSSR count). The number of ether oxygens (including phenoxy) is 4. The van der Waals surface area contributed by atoms with Crippen molar-refractivity contribution in [3.63, 3.8) is 0 Å². The third-order valence-electron chi connectivity index (χ3n) is 3.98. The number of hydrogen-bond acceptors (Lipinski definition) is 7. The fraction of sp³-hybridized carbons (Fsp3) is 0.200. The zero-order valence-corrected chi connectivity index (χ0v) is 16.8. The van der Waals surface area contributed by atoms with Gasteiger partial charge in [0.2, 0.25) is 0 Å². The molecule has 146 valence electrons. The Morgan fingerprint density at radius 1 is 0.893 bits per heavy atom. The summed E-state index contributed by atoms with van der Waals surface area (Å²) >= 11 is 1.24. The fourth-order valence-corrected chi connectivity index (χ4v) is 3.44. The monoisotopic (exact) mass is 400 g/mol. The number of thioether (sulfide) groups is 1. The summed E-state index contributed by atoms with van der Waals surface area (Å²) in [5.41, 5.74) is 1.33. The van der Waals surface area contributed by atoms with Crippen molar-refractivity contribution < 1.29 is 23.7 Å². The Hall–Kier alpha value is -3.13. The first-order valence-electron chi connectivity index (χ1n) is 8.32. The highest BCUT2D eigenvalue weighted by Gasteiger charge is 2.25. The molecule has 1 aliphatic rings. The molecular weight excluding hydrogens is 380 g/mol. The molecule has 7 nitrogen and oxygen atoms in total.